The molecule has 11 rings (SSSR count). The third-order valence-electron chi connectivity index (χ3n) is 12.9. The summed E-state index contributed by atoms with van der Waals surface area (Å²) in [5, 5.41) is 26.3. The van der Waals surface area contributed by atoms with Crippen molar-refractivity contribution in [2.24, 2.45) is 5.73 Å². The van der Waals surface area contributed by atoms with Crippen molar-refractivity contribution in [3.8, 4) is 62.8 Å². The Labute approximate surface area is 645 Å². The third kappa shape index (κ3) is 28.9. The van der Waals surface area contributed by atoms with Gasteiger partial charge < -0.3 is 57.6 Å². The fraction of sp³-hybridized carbons (Fsp3) is 0.185. The number of aldehydes is 2. The van der Waals surface area contributed by atoms with Gasteiger partial charge in [-0.3, -0.25) is 19.4 Å². The number of aromatic nitrogens is 6. The number of urea groups is 2. The van der Waals surface area contributed by atoms with Crippen LogP contribution in [0.5, 0.6) is 29.0 Å². The standard InChI is InChI=1S/C23H22F3N5O2.C18H11F3N2O2.C12H9NO2.C6H3F4N.C5H11N3O.CH2O3.2K.H/c24-23(25,26)17-6-9-21(29-14-17)33-19-7-4-16(5-8-19)20-3-1-2-18(30-20)15-27-10-12-31-13-11-28-22(31)32;19-18(20,21)13-6-9-17(22-10-13)25-15-7-4-12(5-8-15)16-3-1-2-14(11-24)23-16;14-8-10-2-1-3-12(13-10)9-4-6-11(15)7-5-9;7-5-2-1-4(3-11-5)6(8,9)10;6-1-3-8-4-2-7-5(8)9;2-1-4-3;;;/h1-9,14,27H,10-13,15H2,(H,28,32);1-11H;1-8,15H;1-3H;1-4,6H2,(H,7,9);1,3H;;;/q;;;;;;2*+1;-1/p-1. The third-order valence-corrected chi connectivity index (χ3v) is 12.9. The summed E-state index contributed by atoms with van der Waals surface area (Å²) >= 11 is 0. The van der Waals surface area contributed by atoms with Crippen LogP contribution >= 0.6 is 0 Å². The van der Waals surface area contributed by atoms with Gasteiger partial charge in [-0.1, -0.05) is 18.2 Å². The van der Waals surface area contributed by atoms with Gasteiger partial charge in [-0.25, -0.2) is 34.5 Å². The molecular weight excluding hydrogens is 1380 g/mol. The van der Waals surface area contributed by atoms with Crippen LogP contribution in [-0.4, -0.2) is 128 Å². The number of ether oxygens (including phenoxy) is 2. The van der Waals surface area contributed by atoms with Crippen LogP contribution < -0.4 is 139 Å². The van der Waals surface area contributed by atoms with Gasteiger partial charge in [-0.15, -0.1) is 0 Å². The van der Waals surface area contributed by atoms with Gasteiger partial charge in [0.1, 0.15) is 28.6 Å². The second kappa shape index (κ2) is 42.0. The molecular formula is C65H58F10K2N12O10. The number of amides is 4. The van der Waals surface area contributed by atoms with Gasteiger partial charge in [0, 0.05) is 106 Å². The number of phenolic OH excluding ortho intramolecular Hbond substituents is 1. The number of phenols is 1. The number of halogens is 10. The summed E-state index contributed by atoms with van der Waals surface area (Å²) in [4.78, 5) is 81.5. The number of hydrogen-bond donors (Lipinski definition) is 5. The van der Waals surface area contributed by atoms with E-state index in [2.05, 4.69) is 50.7 Å². The van der Waals surface area contributed by atoms with E-state index < -0.39 is 41.2 Å². The van der Waals surface area contributed by atoms with Gasteiger partial charge in [-0.05, 0) is 133 Å². The Hall–Kier alpha value is -8.24. The maximum Gasteiger partial charge on any atom is 1.00 e. The quantitative estimate of drug-likeness (QED) is 0.0154. The van der Waals surface area contributed by atoms with Gasteiger partial charge in [0.05, 0.1) is 39.5 Å². The monoisotopic (exact) mass is 1430 g/mol. The van der Waals surface area contributed by atoms with E-state index in [9.17, 15) is 63.1 Å². The van der Waals surface area contributed by atoms with Crippen LogP contribution in [-0.2, 0) is 34.8 Å². The van der Waals surface area contributed by atoms with Crippen LogP contribution in [0.25, 0.3) is 33.8 Å². The number of nitrogens with zero attached hydrogens (tertiary/aromatic N) is 8. The van der Waals surface area contributed by atoms with Crippen molar-refractivity contribution in [1.82, 2.24) is 55.7 Å². The van der Waals surface area contributed by atoms with Crippen molar-refractivity contribution in [2.75, 3.05) is 52.4 Å². The van der Waals surface area contributed by atoms with E-state index in [1.54, 1.807) is 101 Å². The molecule has 0 spiro atoms. The molecule has 0 saturated carbocycles. The zero-order valence-corrected chi connectivity index (χ0v) is 58.7. The molecule has 9 aromatic rings. The SMILES string of the molecule is Fc1ccc(C(F)(F)F)cn1.NCCN1CCNC1=O.O=C1NCCN1CCNCc1cccc(-c2ccc(Oc3ccc(C(F)(F)F)cn3)cc2)n1.O=CO[O-].O=Cc1cccc(-c2ccc(O)cc2)n1.O=Cc1cccc(-c2ccc(Oc3ccc(C(F)(F)F)cn3)cc2)n1.[H-].[K+].[K+]. The number of alkyl halides is 9. The number of aromatic hydroxyl groups is 1. The molecule has 0 unspecified atom stereocenters. The summed E-state index contributed by atoms with van der Waals surface area (Å²) in [7, 11) is 0. The van der Waals surface area contributed by atoms with E-state index in [0.29, 0.717) is 98.8 Å². The van der Waals surface area contributed by atoms with Crippen molar-refractivity contribution in [2.45, 2.75) is 25.1 Å². The first-order valence-electron chi connectivity index (χ1n) is 28.5. The van der Waals surface area contributed by atoms with Crippen LogP contribution in [0.2, 0.25) is 0 Å². The number of carbonyl (C=O) groups is 5. The number of hydrogen-bond acceptors (Lipinski definition) is 18. The Morgan fingerprint density at radius 1 is 0.545 bits per heavy atom. The summed E-state index contributed by atoms with van der Waals surface area (Å²) < 4.78 is 134. The minimum atomic E-state index is -4.44. The maximum atomic E-state index is 12.6. The normalized spacial score (nSPS) is 12.1. The fourth-order valence-electron chi connectivity index (χ4n) is 8.15. The second-order valence-corrected chi connectivity index (χ2v) is 19.7. The zero-order chi connectivity index (χ0) is 70.4. The van der Waals surface area contributed by atoms with E-state index in [1.807, 2.05) is 36.4 Å². The van der Waals surface area contributed by atoms with Gasteiger partial charge in [0.2, 0.25) is 17.7 Å². The first kappa shape index (κ1) is 83.2. The summed E-state index contributed by atoms with van der Waals surface area (Å²) in [5.41, 5.74) is 8.89. The maximum absolute atomic E-state index is 12.6. The van der Waals surface area contributed by atoms with Crippen molar-refractivity contribution < 1.29 is 197 Å². The molecule has 3 aromatic carbocycles. The minimum Gasteiger partial charge on any atom is -1.00 e. The van der Waals surface area contributed by atoms with Crippen LogP contribution in [0.15, 0.2) is 182 Å². The van der Waals surface area contributed by atoms with Gasteiger partial charge >= 0.3 is 133 Å². The number of carbonyl (C=O) groups excluding carboxylic acids is 5. The van der Waals surface area contributed by atoms with Crippen molar-refractivity contribution in [1.29, 1.82) is 0 Å². The minimum absolute atomic E-state index is 0. The molecule has 0 bridgehead atoms. The molecule has 510 valence electrons. The molecule has 0 radical (unpaired) electrons. The predicted octanol–water partition coefficient (Wildman–Crippen LogP) is 4.87. The zero-order valence-electron chi connectivity index (χ0n) is 53.5. The van der Waals surface area contributed by atoms with Crippen LogP contribution in [0.4, 0.5) is 53.5 Å². The number of pyridine rings is 6. The summed E-state index contributed by atoms with van der Waals surface area (Å²) in [5.74, 6) is 0.302. The molecule has 8 heterocycles. The average molecular weight is 1440 g/mol. The molecule has 6 aromatic heterocycles. The molecule has 2 fully saturated rings. The Morgan fingerprint density at radius 3 is 1.29 bits per heavy atom. The largest absolute Gasteiger partial charge is 1.00 e. The summed E-state index contributed by atoms with van der Waals surface area (Å²) in [6, 6.07) is 42.1. The summed E-state index contributed by atoms with van der Waals surface area (Å²) in [6.45, 7) is 5.90. The molecule has 22 nitrogen and oxygen atoms in total. The first-order valence-corrected chi connectivity index (χ1v) is 28.5. The topological polar surface area (TPSA) is 302 Å². The Morgan fingerprint density at radius 2 is 0.939 bits per heavy atom. The molecule has 34 heteroatoms. The van der Waals surface area contributed by atoms with Crippen molar-refractivity contribution in [3.05, 3.63) is 222 Å². The predicted molar refractivity (Wildman–Crippen MR) is 328 cm³/mol. The number of nitrogens with one attached hydrogen (secondary N) is 3. The van der Waals surface area contributed by atoms with Gasteiger partial charge in [0.15, 0.2) is 12.6 Å². The smallest absolute Gasteiger partial charge is 1.00 e. The van der Waals surface area contributed by atoms with E-state index in [0.717, 1.165) is 84.0 Å². The van der Waals surface area contributed by atoms with E-state index in [4.69, 9.17) is 30.4 Å². The van der Waals surface area contributed by atoms with E-state index in [-0.39, 0.29) is 140 Å². The first-order chi connectivity index (χ1) is 46.4. The fourth-order valence-corrected chi connectivity index (χ4v) is 8.15. The van der Waals surface area contributed by atoms with E-state index in [1.165, 1.54) is 6.07 Å². The molecule has 0 aliphatic carbocycles. The van der Waals surface area contributed by atoms with Crippen LogP contribution in [0.3, 0.4) is 0 Å². The Bertz CT molecular complexity index is 3960. The van der Waals surface area contributed by atoms with Crippen molar-refractivity contribution >= 4 is 31.1 Å². The average Bonchev–Trinajstić information content (AvgIpc) is 0.945. The molecule has 2 aliphatic rings. The molecule has 6 N–H and O–H groups in total. The number of rotatable bonds is 17. The van der Waals surface area contributed by atoms with Crippen LogP contribution in [0, 0.1) is 5.95 Å². The molecule has 4 amide bonds. The van der Waals surface area contributed by atoms with Gasteiger partial charge in [0.25, 0.3) is 6.47 Å². The second-order valence-electron chi connectivity index (χ2n) is 19.7. The Balaban J connectivity index is 0.000000342. The molecule has 99 heavy (non-hydrogen) atoms. The van der Waals surface area contributed by atoms with Gasteiger partial charge in [-0.2, -0.15) is 43.9 Å². The molecule has 2 saturated heterocycles. The molecule has 2 aliphatic heterocycles. The number of benzene rings is 3. The number of nitrogens with two attached hydrogens (primary N) is 1. The van der Waals surface area contributed by atoms with E-state index >= 15 is 0 Å². The Kier molecular flexibility index (Phi) is 35.3. The van der Waals surface area contributed by atoms with Crippen LogP contribution in [0.1, 0.15) is 44.8 Å². The summed E-state index contributed by atoms with van der Waals surface area (Å²) in [6.07, 6.45) is -10.0. The van der Waals surface area contributed by atoms with Crippen molar-refractivity contribution in [3.63, 3.8) is 0 Å². The molecule has 0 atom stereocenters.